The number of rotatable bonds is 4. The van der Waals surface area contributed by atoms with Gasteiger partial charge in [-0.1, -0.05) is 6.92 Å². The Morgan fingerprint density at radius 2 is 2.00 bits per heavy atom. The van der Waals surface area contributed by atoms with Crippen molar-refractivity contribution in [3.63, 3.8) is 0 Å². The smallest absolute Gasteiger partial charge is 0.234 e. The van der Waals surface area contributed by atoms with Crippen LogP contribution in [0.3, 0.4) is 0 Å². The van der Waals surface area contributed by atoms with E-state index in [1.54, 1.807) is 18.6 Å². The van der Waals surface area contributed by atoms with Crippen LogP contribution in [0.1, 0.15) is 13.3 Å². The van der Waals surface area contributed by atoms with Crippen LogP contribution in [0, 0.1) is 5.92 Å². The highest BCUT2D eigenvalue weighted by molar-refractivity contribution is 5.85. The third kappa shape index (κ3) is 3.79. The summed E-state index contributed by atoms with van der Waals surface area (Å²) in [5.41, 5.74) is 2.50. The number of carbonyl (C=O) groups excluding carboxylic acids is 1. The fourth-order valence-corrected chi connectivity index (χ4v) is 3.33. The molecule has 1 aliphatic rings. The van der Waals surface area contributed by atoms with Crippen molar-refractivity contribution in [2.24, 2.45) is 5.92 Å². The Balaban J connectivity index is 1.79. The van der Waals surface area contributed by atoms with Crippen molar-refractivity contribution in [2.75, 3.05) is 38.6 Å². The Kier molecular flexibility index (Phi) is 4.89. The van der Waals surface area contributed by atoms with Gasteiger partial charge in [0.2, 0.25) is 5.91 Å². The molecule has 24 heavy (non-hydrogen) atoms. The highest BCUT2D eigenvalue weighted by Crippen LogP contribution is 2.27. The Bertz CT molecular complexity index is 714. The van der Waals surface area contributed by atoms with Gasteiger partial charge in [-0.3, -0.25) is 4.79 Å². The molecule has 0 unspecified atom stereocenters. The van der Waals surface area contributed by atoms with E-state index in [1.807, 2.05) is 25.1 Å². The Morgan fingerprint density at radius 1 is 1.25 bits per heavy atom. The topological polar surface area (TPSA) is 74.2 Å². The molecule has 0 radical (unpaired) electrons. The molecule has 2 aromatic rings. The van der Waals surface area contributed by atoms with Crippen LogP contribution in [0.2, 0.25) is 0 Å². The maximum absolute atomic E-state index is 12.1. The maximum atomic E-state index is 12.1. The molecule has 1 N–H and O–H groups in total. The lowest BCUT2D eigenvalue weighted by Crippen LogP contribution is -2.52. The van der Waals surface area contributed by atoms with Crippen molar-refractivity contribution in [1.82, 2.24) is 25.2 Å². The molecule has 3 rings (SSSR count). The van der Waals surface area contributed by atoms with E-state index in [9.17, 15) is 4.79 Å². The Labute approximate surface area is 142 Å². The highest BCUT2D eigenvalue weighted by Gasteiger charge is 2.27. The number of hydrogen-bond donors (Lipinski definition) is 1. The van der Waals surface area contributed by atoms with E-state index in [1.165, 1.54) is 0 Å². The first-order valence-corrected chi connectivity index (χ1v) is 8.27. The Morgan fingerprint density at radius 3 is 2.79 bits per heavy atom. The molecule has 2 aromatic heterocycles. The summed E-state index contributed by atoms with van der Waals surface area (Å²) >= 11 is 0. The minimum absolute atomic E-state index is 0.0680. The molecule has 7 nitrogen and oxygen atoms in total. The quantitative estimate of drug-likeness (QED) is 0.899. The highest BCUT2D eigenvalue weighted by atomic mass is 16.2. The van der Waals surface area contributed by atoms with Gasteiger partial charge in [0.1, 0.15) is 5.52 Å². The summed E-state index contributed by atoms with van der Waals surface area (Å²) in [6.07, 6.45) is 6.11. The van der Waals surface area contributed by atoms with Crippen molar-refractivity contribution < 1.29 is 4.79 Å². The number of amides is 1. The molecule has 0 spiro atoms. The number of piperidine rings is 1. The zero-order valence-corrected chi connectivity index (χ0v) is 14.4. The van der Waals surface area contributed by atoms with Gasteiger partial charge in [-0.2, -0.15) is 0 Å². The van der Waals surface area contributed by atoms with E-state index >= 15 is 0 Å². The Hall–Kier alpha value is -2.28. The summed E-state index contributed by atoms with van der Waals surface area (Å²) in [5.74, 6) is 0.557. The third-order valence-corrected chi connectivity index (χ3v) is 4.18. The van der Waals surface area contributed by atoms with Crippen LogP contribution in [0.5, 0.6) is 0 Å². The van der Waals surface area contributed by atoms with Crippen LogP contribution in [0.4, 0.5) is 5.69 Å². The van der Waals surface area contributed by atoms with Crippen LogP contribution in [0.15, 0.2) is 24.7 Å². The SMILES string of the molecule is C[C@H]1C[C@@H](NC(=O)CN(C)C)CN(c2ccnc3nccnc23)C1. The molecule has 128 valence electrons. The van der Waals surface area contributed by atoms with E-state index in [2.05, 4.69) is 32.1 Å². The van der Waals surface area contributed by atoms with Gasteiger partial charge in [0, 0.05) is 37.7 Å². The van der Waals surface area contributed by atoms with Gasteiger partial charge < -0.3 is 15.1 Å². The molecule has 0 saturated carbocycles. The summed E-state index contributed by atoms with van der Waals surface area (Å²) in [6.45, 7) is 4.34. The minimum Gasteiger partial charge on any atom is -0.367 e. The molecular weight excluding hydrogens is 304 g/mol. The van der Waals surface area contributed by atoms with Crippen molar-refractivity contribution in [3.05, 3.63) is 24.7 Å². The van der Waals surface area contributed by atoms with Crippen LogP contribution in [-0.2, 0) is 4.79 Å². The fraction of sp³-hybridized carbons (Fsp3) is 0.529. The minimum atomic E-state index is 0.0680. The number of hydrogen-bond acceptors (Lipinski definition) is 6. The second-order valence-corrected chi connectivity index (χ2v) is 6.81. The summed E-state index contributed by atoms with van der Waals surface area (Å²) in [7, 11) is 3.80. The van der Waals surface area contributed by atoms with Crippen molar-refractivity contribution in [1.29, 1.82) is 0 Å². The molecule has 7 heteroatoms. The van der Waals surface area contributed by atoms with Gasteiger partial charge in [0.25, 0.3) is 0 Å². The molecule has 1 fully saturated rings. The average Bonchev–Trinajstić information content (AvgIpc) is 2.53. The van der Waals surface area contributed by atoms with Crippen molar-refractivity contribution >= 4 is 22.8 Å². The molecule has 0 bridgehead atoms. The molecular formula is C17H24N6O. The van der Waals surface area contributed by atoms with Gasteiger partial charge in [-0.25, -0.2) is 15.0 Å². The van der Waals surface area contributed by atoms with E-state index < -0.39 is 0 Å². The number of fused-ring (bicyclic) bond motifs is 1. The van der Waals surface area contributed by atoms with Gasteiger partial charge in [-0.15, -0.1) is 0 Å². The molecule has 0 aromatic carbocycles. The standard InChI is InChI=1S/C17H24N6O/c1-12-8-13(21-15(24)11-22(2)3)10-23(9-12)14-4-5-19-17-16(14)18-6-7-20-17/h4-7,12-13H,8-11H2,1-3H3,(H,21,24)/t12-,13+/m0/s1. The van der Waals surface area contributed by atoms with Crippen LogP contribution in [-0.4, -0.2) is 65.5 Å². The third-order valence-electron chi connectivity index (χ3n) is 4.18. The van der Waals surface area contributed by atoms with Crippen LogP contribution >= 0.6 is 0 Å². The number of pyridine rings is 1. The molecule has 1 aliphatic heterocycles. The van der Waals surface area contributed by atoms with Gasteiger partial charge >= 0.3 is 0 Å². The predicted octanol–water partition coefficient (Wildman–Crippen LogP) is 0.917. The molecule has 1 saturated heterocycles. The zero-order chi connectivity index (χ0) is 17.1. The van der Waals surface area contributed by atoms with E-state index in [0.29, 0.717) is 18.1 Å². The second-order valence-electron chi connectivity index (χ2n) is 6.81. The number of aromatic nitrogens is 3. The van der Waals surface area contributed by atoms with E-state index in [-0.39, 0.29) is 11.9 Å². The second kappa shape index (κ2) is 7.09. The first-order valence-electron chi connectivity index (χ1n) is 8.27. The summed E-state index contributed by atoms with van der Waals surface area (Å²) in [4.78, 5) is 29.3. The lowest BCUT2D eigenvalue weighted by Gasteiger charge is -2.38. The molecule has 3 heterocycles. The summed E-state index contributed by atoms with van der Waals surface area (Å²) < 4.78 is 0. The maximum Gasteiger partial charge on any atom is 0.234 e. The number of nitrogens with one attached hydrogen (secondary N) is 1. The number of likely N-dealkylation sites (N-methyl/N-ethyl adjacent to an activating group) is 1. The van der Waals surface area contributed by atoms with Crippen molar-refractivity contribution in [3.8, 4) is 0 Å². The first kappa shape index (κ1) is 16.6. The summed E-state index contributed by atoms with van der Waals surface area (Å²) in [5, 5.41) is 3.15. The first-order chi connectivity index (χ1) is 11.5. The van der Waals surface area contributed by atoms with Gasteiger partial charge in [0.05, 0.1) is 12.2 Å². The van der Waals surface area contributed by atoms with E-state index in [0.717, 1.165) is 30.7 Å². The molecule has 0 aliphatic carbocycles. The monoisotopic (exact) mass is 328 g/mol. The number of anilines is 1. The molecule has 1 amide bonds. The number of nitrogens with zero attached hydrogens (tertiary/aromatic N) is 5. The predicted molar refractivity (Wildman–Crippen MR) is 93.8 cm³/mol. The largest absolute Gasteiger partial charge is 0.367 e. The van der Waals surface area contributed by atoms with E-state index in [4.69, 9.17) is 0 Å². The zero-order valence-electron chi connectivity index (χ0n) is 14.4. The van der Waals surface area contributed by atoms with Crippen LogP contribution in [0.25, 0.3) is 11.2 Å². The molecule has 2 atom stereocenters. The number of carbonyl (C=O) groups is 1. The van der Waals surface area contributed by atoms with Gasteiger partial charge in [0.15, 0.2) is 5.65 Å². The summed E-state index contributed by atoms with van der Waals surface area (Å²) in [6, 6.07) is 2.12. The van der Waals surface area contributed by atoms with Crippen molar-refractivity contribution in [2.45, 2.75) is 19.4 Å². The van der Waals surface area contributed by atoms with Gasteiger partial charge in [-0.05, 0) is 32.5 Å². The normalized spacial score (nSPS) is 21.2. The van der Waals surface area contributed by atoms with Crippen LogP contribution < -0.4 is 10.2 Å². The average molecular weight is 328 g/mol. The lowest BCUT2D eigenvalue weighted by molar-refractivity contribution is -0.122. The fourth-order valence-electron chi connectivity index (χ4n) is 3.33. The lowest BCUT2D eigenvalue weighted by atomic mass is 9.95.